The molecule has 5 heteroatoms. The van der Waals surface area contributed by atoms with Crippen molar-refractivity contribution in [2.24, 2.45) is 5.92 Å². The Balaban J connectivity index is 3.54. The van der Waals surface area contributed by atoms with Crippen molar-refractivity contribution in [3.05, 3.63) is 0 Å². The van der Waals surface area contributed by atoms with Gasteiger partial charge in [-0.05, 0) is 6.92 Å². The molecule has 0 saturated heterocycles. The van der Waals surface area contributed by atoms with E-state index < -0.39 is 6.09 Å². The molecule has 0 rings (SSSR count). The average Bonchev–Trinajstić information content (AvgIpc) is 2.00. The van der Waals surface area contributed by atoms with E-state index in [4.69, 9.17) is 0 Å². The van der Waals surface area contributed by atoms with Gasteiger partial charge in [0, 0.05) is 5.92 Å². The van der Waals surface area contributed by atoms with Crippen molar-refractivity contribution >= 4 is 12.0 Å². The molecule has 2 amide bonds. The van der Waals surface area contributed by atoms with Gasteiger partial charge >= 0.3 is 6.09 Å². The smallest absolute Gasteiger partial charge is 0.426 e. The number of carbonyl (C=O) groups excluding carboxylic acids is 2. The lowest BCUT2D eigenvalue weighted by Gasteiger charge is -2.08. The summed E-state index contributed by atoms with van der Waals surface area (Å²) >= 11 is 0. The van der Waals surface area contributed by atoms with Crippen molar-refractivity contribution in [3.63, 3.8) is 0 Å². The van der Waals surface area contributed by atoms with Crippen LogP contribution in [0, 0.1) is 5.92 Å². The van der Waals surface area contributed by atoms with Gasteiger partial charge in [-0.2, -0.15) is 0 Å². The van der Waals surface area contributed by atoms with Crippen LogP contribution in [-0.4, -0.2) is 18.6 Å². The number of carbonyl (C=O) groups is 2. The molecule has 0 bridgehead atoms. The standard InChI is InChI=1S/C7H14N2O3/c1-4-12-7(11)9-8-6(10)5(2)3/h5H,4H2,1-3H3,(H,8,10)(H,9,11). The molecule has 2 N–H and O–H groups in total. The Bertz CT molecular complexity index is 168. The minimum atomic E-state index is -0.647. The molecule has 0 radical (unpaired) electrons. The molecule has 0 aromatic heterocycles. The third kappa shape index (κ3) is 4.54. The first-order valence-electron chi connectivity index (χ1n) is 3.80. The topological polar surface area (TPSA) is 67.4 Å². The lowest BCUT2D eigenvalue weighted by molar-refractivity contribution is -0.124. The predicted molar refractivity (Wildman–Crippen MR) is 43.1 cm³/mol. The van der Waals surface area contributed by atoms with E-state index in [-0.39, 0.29) is 18.4 Å². The molecule has 0 atom stereocenters. The van der Waals surface area contributed by atoms with Crippen molar-refractivity contribution in [2.45, 2.75) is 20.8 Å². The van der Waals surface area contributed by atoms with Gasteiger partial charge in [0.2, 0.25) is 5.91 Å². The number of nitrogens with one attached hydrogen (secondary N) is 2. The maximum atomic E-state index is 10.9. The van der Waals surface area contributed by atoms with Gasteiger partial charge in [0.05, 0.1) is 6.61 Å². The molecule has 0 aromatic rings. The molecular formula is C7H14N2O3. The molecule has 0 heterocycles. The zero-order valence-electron chi connectivity index (χ0n) is 7.51. The zero-order chi connectivity index (χ0) is 9.56. The highest BCUT2D eigenvalue weighted by Crippen LogP contribution is 1.88. The summed E-state index contributed by atoms with van der Waals surface area (Å²) in [6.45, 7) is 5.41. The first-order chi connectivity index (χ1) is 5.57. The lowest BCUT2D eigenvalue weighted by atomic mass is 10.2. The largest absolute Gasteiger partial charge is 0.449 e. The Hall–Kier alpha value is -1.26. The Kier molecular flexibility index (Phi) is 4.83. The van der Waals surface area contributed by atoms with Crippen molar-refractivity contribution in [2.75, 3.05) is 6.61 Å². The first-order valence-corrected chi connectivity index (χ1v) is 3.80. The number of ether oxygens (including phenoxy) is 1. The van der Waals surface area contributed by atoms with E-state index in [0.717, 1.165) is 0 Å². The lowest BCUT2D eigenvalue weighted by Crippen LogP contribution is -2.43. The normalized spacial score (nSPS) is 9.33. The maximum Gasteiger partial charge on any atom is 0.426 e. The summed E-state index contributed by atoms with van der Waals surface area (Å²) in [4.78, 5) is 21.5. The molecule has 0 unspecified atom stereocenters. The Labute approximate surface area is 71.4 Å². The second-order valence-corrected chi connectivity index (χ2v) is 2.49. The fourth-order valence-electron chi connectivity index (χ4n) is 0.424. The molecule has 0 spiro atoms. The Morgan fingerprint density at radius 1 is 1.33 bits per heavy atom. The number of hydrogen-bond acceptors (Lipinski definition) is 3. The first kappa shape index (κ1) is 10.7. The molecule has 0 saturated carbocycles. The van der Waals surface area contributed by atoms with Crippen molar-refractivity contribution in [3.8, 4) is 0 Å². The summed E-state index contributed by atoms with van der Waals surface area (Å²) in [5.74, 6) is -0.407. The van der Waals surface area contributed by atoms with Crippen LogP contribution in [0.1, 0.15) is 20.8 Å². The highest BCUT2D eigenvalue weighted by molar-refractivity contribution is 5.80. The van der Waals surface area contributed by atoms with E-state index in [1.165, 1.54) is 0 Å². The molecular weight excluding hydrogens is 160 g/mol. The zero-order valence-corrected chi connectivity index (χ0v) is 7.51. The van der Waals surface area contributed by atoms with E-state index in [2.05, 4.69) is 15.6 Å². The van der Waals surface area contributed by atoms with Crippen LogP contribution in [0.4, 0.5) is 4.79 Å². The van der Waals surface area contributed by atoms with Crippen molar-refractivity contribution in [1.82, 2.24) is 10.9 Å². The summed E-state index contributed by atoms with van der Waals surface area (Å²) in [5, 5.41) is 0. The van der Waals surface area contributed by atoms with Gasteiger partial charge in [0.1, 0.15) is 0 Å². The van der Waals surface area contributed by atoms with E-state index in [1.54, 1.807) is 20.8 Å². The summed E-state index contributed by atoms with van der Waals surface area (Å²) in [6.07, 6.45) is -0.647. The highest BCUT2D eigenvalue weighted by Gasteiger charge is 2.07. The van der Waals surface area contributed by atoms with Gasteiger partial charge in [-0.25, -0.2) is 10.2 Å². The number of hydrazine groups is 1. The van der Waals surface area contributed by atoms with Gasteiger partial charge < -0.3 is 4.74 Å². The SMILES string of the molecule is CCOC(=O)NNC(=O)C(C)C. The van der Waals surface area contributed by atoms with Crippen LogP contribution in [0.25, 0.3) is 0 Å². The molecule has 0 fully saturated rings. The average molecular weight is 174 g/mol. The van der Waals surface area contributed by atoms with Crippen LogP contribution in [0.15, 0.2) is 0 Å². The monoisotopic (exact) mass is 174 g/mol. The minimum Gasteiger partial charge on any atom is -0.449 e. The van der Waals surface area contributed by atoms with Crippen LogP contribution in [0.3, 0.4) is 0 Å². The molecule has 0 aliphatic rings. The summed E-state index contributed by atoms with van der Waals surface area (Å²) < 4.78 is 4.51. The molecule has 0 aliphatic heterocycles. The molecule has 0 aromatic carbocycles. The maximum absolute atomic E-state index is 10.9. The second kappa shape index (κ2) is 5.40. The van der Waals surface area contributed by atoms with E-state index in [9.17, 15) is 9.59 Å². The summed E-state index contributed by atoms with van der Waals surface area (Å²) in [7, 11) is 0. The number of amides is 2. The molecule has 12 heavy (non-hydrogen) atoms. The third-order valence-electron chi connectivity index (χ3n) is 1.09. The highest BCUT2D eigenvalue weighted by atomic mass is 16.5. The minimum absolute atomic E-state index is 0.160. The number of hydrogen-bond donors (Lipinski definition) is 2. The quantitative estimate of drug-likeness (QED) is 0.596. The molecule has 0 aliphatic carbocycles. The predicted octanol–water partition coefficient (Wildman–Crippen LogP) is 0.420. The second-order valence-electron chi connectivity index (χ2n) is 2.49. The Morgan fingerprint density at radius 3 is 2.33 bits per heavy atom. The molecule has 5 nitrogen and oxygen atoms in total. The fraction of sp³-hybridized carbons (Fsp3) is 0.714. The van der Waals surface area contributed by atoms with Crippen molar-refractivity contribution < 1.29 is 14.3 Å². The van der Waals surface area contributed by atoms with Crippen LogP contribution < -0.4 is 10.9 Å². The Morgan fingerprint density at radius 2 is 1.92 bits per heavy atom. The van der Waals surface area contributed by atoms with Gasteiger partial charge in [-0.1, -0.05) is 13.8 Å². The summed E-state index contributed by atoms with van der Waals surface area (Å²) in [5.41, 5.74) is 4.31. The molecule has 70 valence electrons. The number of rotatable bonds is 2. The fourth-order valence-corrected chi connectivity index (χ4v) is 0.424. The van der Waals surface area contributed by atoms with Crippen LogP contribution in [-0.2, 0) is 9.53 Å². The summed E-state index contributed by atoms with van der Waals surface area (Å²) in [6, 6.07) is 0. The van der Waals surface area contributed by atoms with Crippen molar-refractivity contribution in [1.29, 1.82) is 0 Å². The van der Waals surface area contributed by atoms with Gasteiger partial charge in [-0.15, -0.1) is 0 Å². The third-order valence-corrected chi connectivity index (χ3v) is 1.09. The van der Waals surface area contributed by atoms with E-state index in [1.807, 2.05) is 0 Å². The van der Waals surface area contributed by atoms with Crippen LogP contribution >= 0.6 is 0 Å². The van der Waals surface area contributed by atoms with E-state index >= 15 is 0 Å². The van der Waals surface area contributed by atoms with E-state index in [0.29, 0.717) is 0 Å². The van der Waals surface area contributed by atoms with Gasteiger partial charge in [0.25, 0.3) is 0 Å². The van der Waals surface area contributed by atoms with Crippen LogP contribution in [0.5, 0.6) is 0 Å². The van der Waals surface area contributed by atoms with Crippen LogP contribution in [0.2, 0.25) is 0 Å². The van der Waals surface area contributed by atoms with Gasteiger partial charge in [0.15, 0.2) is 0 Å². The van der Waals surface area contributed by atoms with Gasteiger partial charge in [-0.3, -0.25) is 10.2 Å².